The zero-order chi connectivity index (χ0) is 11.2. The SMILES string of the molecule is N#Cc1cccc(NCCCNC2CC2)c1. The quantitative estimate of drug-likeness (QED) is 0.714. The Hall–Kier alpha value is -1.53. The predicted octanol–water partition coefficient (Wildman–Crippen LogP) is 2.11. The van der Waals surface area contributed by atoms with Crippen LogP contribution in [0.3, 0.4) is 0 Å². The minimum Gasteiger partial charge on any atom is -0.385 e. The fourth-order valence-corrected chi connectivity index (χ4v) is 1.61. The summed E-state index contributed by atoms with van der Waals surface area (Å²) in [6.45, 7) is 2.03. The molecule has 2 N–H and O–H groups in total. The van der Waals surface area contributed by atoms with Crippen molar-refractivity contribution in [1.82, 2.24) is 5.32 Å². The summed E-state index contributed by atoms with van der Waals surface area (Å²) in [4.78, 5) is 0. The number of nitrogens with zero attached hydrogens (tertiary/aromatic N) is 1. The molecule has 0 amide bonds. The van der Waals surface area contributed by atoms with E-state index in [-0.39, 0.29) is 0 Å². The number of nitriles is 1. The van der Waals surface area contributed by atoms with Gasteiger partial charge in [-0.25, -0.2) is 0 Å². The first-order valence-corrected chi connectivity index (χ1v) is 5.86. The van der Waals surface area contributed by atoms with Crippen LogP contribution >= 0.6 is 0 Å². The van der Waals surface area contributed by atoms with Gasteiger partial charge < -0.3 is 10.6 Å². The molecule has 0 aliphatic heterocycles. The molecule has 2 rings (SSSR count). The number of anilines is 1. The van der Waals surface area contributed by atoms with Gasteiger partial charge in [0.2, 0.25) is 0 Å². The summed E-state index contributed by atoms with van der Waals surface area (Å²) in [5.41, 5.74) is 1.74. The van der Waals surface area contributed by atoms with E-state index in [4.69, 9.17) is 5.26 Å². The highest BCUT2D eigenvalue weighted by Crippen LogP contribution is 2.18. The van der Waals surface area contributed by atoms with Crippen molar-refractivity contribution in [1.29, 1.82) is 5.26 Å². The third kappa shape index (κ3) is 3.56. The zero-order valence-corrected chi connectivity index (χ0v) is 9.37. The van der Waals surface area contributed by atoms with Gasteiger partial charge >= 0.3 is 0 Å². The molecule has 1 aromatic rings. The highest BCUT2D eigenvalue weighted by Gasteiger charge is 2.19. The minimum absolute atomic E-state index is 0.709. The molecule has 0 aromatic heterocycles. The lowest BCUT2D eigenvalue weighted by atomic mass is 10.2. The topological polar surface area (TPSA) is 47.9 Å². The summed E-state index contributed by atoms with van der Waals surface area (Å²) in [5.74, 6) is 0. The van der Waals surface area contributed by atoms with Gasteiger partial charge in [0.25, 0.3) is 0 Å². The summed E-state index contributed by atoms with van der Waals surface area (Å²) in [6.07, 6.45) is 3.81. The van der Waals surface area contributed by atoms with Crippen LogP contribution < -0.4 is 10.6 Å². The minimum atomic E-state index is 0.709. The molecule has 3 heteroatoms. The van der Waals surface area contributed by atoms with Crippen LogP contribution in [0, 0.1) is 11.3 Å². The van der Waals surface area contributed by atoms with Crippen LogP contribution in [-0.4, -0.2) is 19.1 Å². The number of benzene rings is 1. The normalized spacial score (nSPS) is 14.4. The molecule has 1 fully saturated rings. The third-order valence-corrected chi connectivity index (χ3v) is 2.68. The molecule has 0 radical (unpaired) electrons. The average Bonchev–Trinajstić information content (AvgIpc) is 3.13. The largest absolute Gasteiger partial charge is 0.385 e. The van der Waals surface area contributed by atoms with Crippen molar-refractivity contribution in [3.63, 3.8) is 0 Å². The fraction of sp³-hybridized carbons (Fsp3) is 0.462. The van der Waals surface area contributed by atoms with Crippen molar-refractivity contribution >= 4 is 5.69 Å². The molecule has 84 valence electrons. The van der Waals surface area contributed by atoms with E-state index in [0.717, 1.165) is 31.2 Å². The second-order valence-corrected chi connectivity index (χ2v) is 4.20. The number of nitrogens with one attached hydrogen (secondary N) is 2. The lowest BCUT2D eigenvalue weighted by Crippen LogP contribution is -2.19. The Balaban J connectivity index is 1.65. The van der Waals surface area contributed by atoms with Gasteiger partial charge in [-0.05, 0) is 44.0 Å². The van der Waals surface area contributed by atoms with E-state index in [1.54, 1.807) is 0 Å². The molecule has 3 nitrogen and oxygen atoms in total. The van der Waals surface area contributed by atoms with Crippen LogP contribution in [0.25, 0.3) is 0 Å². The van der Waals surface area contributed by atoms with Gasteiger partial charge in [0.05, 0.1) is 11.6 Å². The Kier molecular flexibility index (Phi) is 3.79. The third-order valence-electron chi connectivity index (χ3n) is 2.68. The van der Waals surface area contributed by atoms with Gasteiger partial charge in [0.1, 0.15) is 0 Å². The molecule has 0 bridgehead atoms. The van der Waals surface area contributed by atoms with E-state index in [2.05, 4.69) is 16.7 Å². The van der Waals surface area contributed by atoms with Crippen molar-refractivity contribution in [3.05, 3.63) is 29.8 Å². The molecule has 0 heterocycles. The summed E-state index contributed by atoms with van der Waals surface area (Å²) >= 11 is 0. The molecule has 0 saturated heterocycles. The Morgan fingerprint density at radius 1 is 1.31 bits per heavy atom. The molecule has 0 atom stereocenters. The van der Waals surface area contributed by atoms with E-state index in [0.29, 0.717) is 5.56 Å². The van der Waals surface area contributed by atoms with Crippen LogP contribution in [0.2, 0.25) is 0 Å². The van der Waals surface area contributed by atoms with Crippen LogP contribution in [0.4, 0.5) is 5.69 Å². The predicted molar refractivity (Wildman–Crippen MR) is 65.3 cm³/mol. The number of rotatable bonds is 6. The van der Waals surface area contributed by atoms with Crippen molar-refractivity contribution in [3.8, 4) is 6.07 Å². The maximum Gasteiger partial charge on any atom is 0.0992 e. The Bertz CT molecular complexity index is 377. The first-order chi connectivity index (χ1) is 7.88. The second kappa shape index (κ2) is 5.53. The molecule has 16 heavy (non-hydrogen) atoms. The molecule has 0 spiro atoms. The van der Waals surface area contributed by atoms with Crippen molar-refractivity contribution in [2.24, 2.45) is 0 Å². The van der Waals surface area contributed by atoms with E-state index in [1.165, 1.54) is 12.8 Å². The van der Waals surface area contributed by atoms with E-state index in [9.17, 15) is 0 Å². The standard InChI is InChI=1S/C13H17N3/c14-10-11-3-1-4-13(9-11)16-8-2-7-15-12-5-6-12/h1,3-4,9,12,15-16H,2,5-8H2. The highest BCUT2D eigenvalue weighted by molar-refractivity contribution is 5.48. The summed E-state index contributed by atoms with van der Waals surface area (Å²) in [7, 11) is 0. The van der Waals surface area contributed by atoms with Gasteiger partial charge in [-0.15, -0.1) is 0 Å². The molecule has 1 aromatic carbocycles. The second-order valence-electron chi connectivity index (χ2n) is 4.20. The van der Waals surface area contributed by atoms with Crippen molar-refractivity contribution in [2.75, 3.05) is 18.4 Å². The monoisotopic (exact) mass is 215 g/mol. The highest BCUT2D eigenvalue weighted by atomic mass is 14.9. The summed E-state index contributed by atoms with van der Waals surface area (Å²) in [6, 6.07) is 10.5. The van der Waals surface area contributed by atoms with Crippen molar-refractivity contribution < 1.29 is 0 Å². The molecule has 1 aliphatic rings. The van der Waals surface area contributed by atoms with Crippen LogP contribution in [0.15, 0.2) is 24.3 Å². The lowest BCUT2D eigenvalue weighted by molar-refractivity contribution is 0.659. The molecular formula is C13H17N3. The van der Waals surface area contributed by atoms with E-state index >= 15 is 0 Å². The summed E-state index contributed by atoms with van der Waals surface area (Å²) in [5, 5.41) is 15.5. The molecule has 1 saturated carbocycles. The average molecular weight is 215 g/mol. The van der Waals surface area contributed by atoms with Gasteiger partial charge in [-0.1, -0.05) is 6.07 Å². The first kappa shape index (κ1) is 11.0. The number of hydrogen-bond donors (Lipinski definition) is 2. The van der Waals surface area contributed by atoms with Crippen molar-refractivity contribution in [2.45, 2.75) is 25.3 Å². The van der Waals surface area contributed by atoms with Gasteiger partial charge in [-0.2, -0.15) is 5.26 Å². The Morgan fingerprint density at radius 3 is 2.94 bits per heavy atom. The lowest BCUT2D eigenvalue weighted by Gasteiger charge is -2.06. The summed E-state index contributed by atoms with van der Waals surface area (Å²) < 4.78 is 0. The molecule has 0 unspecified atom stereocenters. The van der Waals surface area contributed by atoms with Crippen LogP contribution in [-0.2, 0) is 0 Å². The number of hydrogen-bond acceptors (Lipinski definition) is 3. The van der Waals surface area contributed by atoms with Gasteiger partial charge in [0.15, 0.2) is 0 Å². The smallest absolute Gasteiger partial charge is 0.0992 e. The Morgan fingerprint density at radius 2 is 2.19 bits per heavy atom. The Labute approximate surface area is 96.5 Å². The van der Waals surface area contributed by atoms with E-state index in [1.807, 2.05) is 24.3 Å². The van der Waals surface area contributed by atoms with Crippen LogP contribution in [0.5, 0.6) is 0 Å². The maximum absolute atomic E-state index is 8.75. The maximum atomic E-state index is 8.75. The zero-order valence-electron chi connectivity index (χ0n) is 9.37. The van der Waals surface area contributed by atoms with Gasteiger partial charge in [-0.3, -0.25) is 0 Å². The van der Waals surface area contributed by atoms with Crippen LogP contribution in [0.1, 0.15) is 24.8 Å². The molecule has 1 aliphatic carbocycles. The fourth-order valence-electron chi connectivity index (χ4n) is 1.61. The molecular weight excluding hydrogens is 198 g/mol. The van der Waals surface area contributed by atoms with E-state index < -0.39 is 0 Å². The van der Waals surface area contributed by atoms with Gasteiger partial charge in [0, 0.05) is 18.3 Å². The first-order valence-electron chi connectivity index (χ1n) is 5.86.